The maximum atomic E-state index is 12.5. The van der Waals surface area contributed by atoms with E-state index in [9.17, 15) is 9.59 Å². The van der Waals surface area contributed by atoms with Crippen LogP contribution < -0.4 is 10.1 Å². The molecule has 0 spiro atoms. The Kier molecular flexibility index (Phi) is 9.31. The van der Waals surface area contributed by atoms with E-state index in [0.717, 1.165) is 5.75 Å². The average molecular weight is 497 g/mol. The highest BCUT2D eigenvalue weighted by Crippen LogP contribution is 2.26. The Morgan fingerprint density at radius 1 is 1.00 bits per heavy atom. The number of hydrogen-bond acceptors (Lipinski definition) is 7. The number of aromatic nitrogens is 3. The van der Waals surface area contributed by atoms with E-state index in [2.05, 4.69) is 41.5 Å². The zero-order valence-corrected chi connectivity index (χ0v) is 21.6. The Labute approximate surface area is 210 Å². The first-order valence-corrected chi connectivity index (χ1v) is 12.7. The van der Waals surface area contributed by atoms with Crippen LogP contribution in [-0.4, -0.2) is 39.0 Å². The molecule has 1 atom stereocenters. The molecule has 35 heavy (non-hydrogen) atoms. The lowest BCUT2D eigenvalue weighted by Gasteiger charge is -2.16. The fourth-order valence-electron chi connectivity index (χ4n) is 3.42. The molecule has 2 aromatic carbocycles. The van der Waals surface area contributed by atoms with Gasteiger partial charge in [-0.05, 0) is 68.7 Å². The van der Waals surface area contributed by atoms with E-state index in [0.29, 0.717) is 41.3 Å². The Balaban J connectivity index is 1.57. The predicted molar refractivity (Wildman–Crippen MR) is 137 cm³/mol. The smallest absolute Gasteiger partial charge is 0.338 e. The number of nitrogens with one attached hydrogen (secondary N) is 1. The zero-order valence-electron chi connectivity index (χ0n) is 20.8. The van der Waals surface area contributed by atoms with Gasteiger partial charge in [0.1, 0.15) is 5.75 Å². The van der Waals surface area contributed by atoms with Crippen molar-refractivity contribution in [2.75, 3.05) is 17.7 Å². The minimum Gasteiger partial charge on any atom is -0.483 e. The minimum absolute atomic E-state index is 0.170. The van der Waals surface area contributed by atoms with Crippen molar-refractivity contribution < 1.29 is 19.1 Å². The number of rotatable bonds is 11. The number of anilines is 1. The van der Waals surface area contributed by atoms with E-state index >= 15 is 0 Å². The normalized spacial score (nSPS) is 11.8. The summed E-state index contributed by atoms with van der Waals surface area (Å²) in [5.41, 5.74) is 2.30. The molecule has 1 aromatic heterocycles. The number of nitrogens with zero attached hydrogens (tertiary/aromatic N) is 3. The molecule has 0 fully saturated rings. The quantitative estimate of drug-likeness (QED) is 0.278. The van der Waals surface area contributed by atoms with Crippen molar-refractivity contribution in [2.45, 2.75) is 58.3 Å². The lowest BCUT2D eigenvalue weighted by molar-refractivity contribution is -0.113. The molecule has 0 saturated heterocycles. The van der Waals surface area contributed by atoms with Crippen LogP contribution in [0.1, 0.15) is 68.4 Å². The van der Waals surface area contributed by atoms with Crippen LogP contribution in [0.15, 0.2) is 53.7 Å². The summed E-state index contributed by atoms with van der Waals surface area (Å²) in [6, 6.07) is 14.7. The molecule has 0 radical (unpaired) electrons. The number of amides is 1. The van der Waals surface area contributed by atoms with Gasteiger partial charge in [0.25, 0.3) is 0 Å². The van der Waals surface area contributed by atoms with E-state index in [1.165, 1.54) is 17.3 Å². The first-order valence-electron chi connectivity index (χ1n) is 11.7. The number of thioether (sulfide) groups is 1. The number of benzene rings is 2. The van der Waals surface area contributed by atoms with Crippen LogP contribution in [0.4, 0.5) is 5.69 Å². The fraction of sp³-hybridized carbons (Fsp3) is 0.385. The molecule has 8 nitrogen and oxygen atoms in total. The monoisotopic (exact) mass is 496 g/mol. The summed E-state index contributed by atoms with van der Waals surface area (Å²) in [6.07, 6.45) is -0.298. The summed E-state index contributed by atoms with van der Waals surface area (Å²) in [5.74, 6) is 1.55. The Hall–Kier alpha value is -3.33. The largest absolute Gasteiger partial charge is 0.483 e. The maximum absolute atomic E-state index is 12.5. The summed E-state index contributed by atoms with van der Waals surface area (Å²) in [7, 11) is 0. The van der Waals surface area contributed by atoms with Crippen molar-refractivity contribution in [1.82, 2.24) is 14.8 Å². The van der Waals surface area contributed by atoms with Gasteiger partial charge in [0.15, 0.2) is 17.1 Å². The average Bonchev–Trinajstić information content (AvgIpc) is 3.27. The van der Waals surface area contributed by atoms with Crippen LogP contribution in [0, 0.1) is 0 Å². The Bertz CT molecular complexity index is 1130. The molecule has 1 heterocycles. The molecule has 0 bridgehead atoms. The first-order chi connectivity index (χ1) is 16.8. The topological polar surface area (TPSA) is 95.3 Å². The van der Waals surface area contributed by atoms with Crippen molar-refractivity contribution in [3.05, 3.63) is 65.5 Å². The summed E-state index contributed by atoms with van der Waals surface area (Å²) in [5, 5.41) is 12.1. The van der Waals surface area contributed by atoms with Crippen molar-refractivity contribution in [1.29, 1.82) is 0 Å². The summed E-state index contributed by atoms with van der Waals surface area (Å²) in [6.45, 7) is 11.0. The molecule has 0 saturated carbocycles. The lowest BCUT2D eigenvalue weighted by Crippen LogP contribution is -2.15. The van der Waals surface area contributed by atoms with E-state index in [1.807, 2.05) is 30.5 Å². The Morgan fingerprint density at radius 2 is 1.69 bits per heavy atom. The highest BCUT2D eigenvalue weighted by molar-refractivity contribution is 7.99. The molecular weight excluding hydrogens is 464 g/mol. The molecule has 1 N–H and O–H groups in total. The maximum Gasteiger partial charge on any atom is 0.338 e. The molecule has 0 aliphatic heterocycles. The van der Waals surface area contributed by atoms with E-state index in [1.54, 1.807) is 31.2 Å². The molecule has 3 aromatic rings. The molecule has 0 aliphatic carbocycles. The SMILES string of the molecule is CCOC(=O)c1ccc(NC(=O)CSc2nnc(C(C)Oc3ccc(C(C)C)cc3)n2CC)cc1. The lowest BCUT2D eigenvalue weighted by atomic mass is 10.0. The van der Waals surface area contributed by atoms with Gasteiger partial charge in [-0.1, -0.05) is 37.7 Å². The second-order valence-corrected chi connectivity index (χ2v) is 9.15. The molecule has 3 rings (SSSR count). The van der Waals surface area contributed by atoms with E-state index in [4.69, 9.17) is 9.47 Å². The Morgan fingerprint density at radius 3 is 2.29 bits per heavy atom. The summed E-state index contributed by atoms with van der Waals surface area (Å²) in [4.78, 5) is 24.2. The van der Waals surface area contributed by atoms with E-state index in [-0.39, 0.29) is 23.7 Å². The van der Waals surface area contributed by atoms with Crippen LogP contribution in [0.5, 0.6) is 5.75 Å². The van der Waals surface area contributed by atoms with Crippen LogP contribution in [0.2, 0.25) is 0 Å². The molecule has 1 amide bonds. The third-order valence-corrected chi connectivity index (χ3v) is 6.26. The summed E-state index contributed by atoms with van der Waals surface area (Å²) < 4.78 is 13.0. The molecule has 186 valence electrons. The molecular formula is C26H32N4O4S. The van der Waals surface area contributed by atoms with Gasteiger partial charge in [-0.2, -0.15) is 0 Å². The fourth-order valence-corrected chi connectivity index (χ4v) is 4.23. The number of esters is 1. The van der Waals surface area contributed by atoms with Gasteiger partial charge in [-0.15, -0.1) is 10.2 Å². The molecule has 1 unspecified atom stereocenters. The number of ether oxygens (including phenoxy) is 2. The van der Waals surface area contributed by atoms with Crippen molar-refractivity contribution in [3.8, 4) is 5.75 Å². The van der Waals surface area contributed by atoms with Gasteiger partial charge in [-0.25, -0.2) is 4.79 Å². The van der Waals surface area contributed by atoms with Gasteiger partial charge in [-0.3, -0.25) is 4.79 Å². The van der Waals surface area contributed by atoms with Gasteiger partial charge in [0, 0.05) is 12.2 Å². The minimum atomic E-state index is -0.388. The second kappa shape index (κ2) is 12.4. The van der Waals surface area contributed by atoms with Gasteiger partial charge in [0.2, 0.25) is 5.91 Å². The van der Waals surface area contributed by atoms with Crippen LogP contribution in [0.25, 0.3) is 0 Å². The molecule has 0 aliphatic rings. The van der Waals surface area contributed by atoms with Crippen molar-refractivity contribution in [3.63, 3.8) is 0 Å². The number of carbonyl (C=O) groups is 2. The highest BCUT2D eigenvalue weighted by Gasteiger charge is 2.19. The van der Waals surface area contributed by atoms with Gasteiger partial charge >= 0.3 is 5.97 Å². The third kappa shape index (κ3) is 7.08. The number of hydrogen-bond donors (Lipinski definition) is 1. The van der Waals surface area contributed by atoms with Gasteiger partial charge < -0.3 is 19.4 Å². The highest BCUT2D eigenvalue weighted by atomic mass is 32.2. The standard InChI is InChI=1S/C26H32N4O4S/c1-6-30-24(18(5)34-22-14-10-19(11-15-22)17(3)4)28-29-26(30)35-16-23(31)27-21-12-8-20(9-13-21)25(32)33-7-2/h8-15,17-18H,6-7,16H2,1-5H3,(H,27,31). The van der Waals surface area contributed by atoms with Crippen LogP contribution in [-0.2, 0) is 16.1 Å². The summed E-state index contributed by atoms with van der Waals surface area (Å²) >= 11 is 1.31. The first kappa shape index (κ1) is 26.3. The molecule has 9 heteroatoms. The van der Waals surface area contributed by atoms with Crippen LogP contribution >= 0.6 is 11.8 Å². The van der Waals surface area contributed by atoms with E-state index < -0.39 is 0 Å². The number of carbonyl (C=O) groups excluding carboxylic acids is 2. The van der Waals surface area contributed by atoms with Gasteiger partial charge in [0.05, 0.1) is 17.9 Å². The van der Waals surface area contributed by atoms with Crippen LogP contribution in [0.3, 0.4) is 0 Å². The second-order valence-electron chi connectivity index (χ2n) is 8.20. The predicted octanol–water partition coefficient (Wildman–Crippen LogP) is 5.47. The van der Waals surface area contributed by atoms with Crippen molar-refractivity contribution in [2.24, 2.45) is 0 Å². The zero-order chi connectivity index (χ0) is 25.4. The third-order valence-electron chi connectivity index (χ3n) is 5.30. The van der Waals surface area contributed by atoms with Crippen molar-refractivity contribution >= 4 is 29.3 Å².